The molecule has 0 aliphatic heterocycles. The molecule has 0 aliphatic carbocycles. The predicted molar refractivity (Wildman–Crippen MR) is 91.4 cm³/mol. The molecule has 0 radical (unpaired) electrons. The molecule has 0 spiro atoms. The van der Waals surface area contributed by atoms with Gasteiger partial charge in [0.15, 0.2) is 0 Å². The highest BCUT2D eigenvalue weighted by Crippen LogP contribution is 2.12. The number of rotatable bonds is 18. The Bertz CT molecular complexity index is 159. The van der Waals surface area contributed by atoms with Gasteiger partial charge in [-0.3, -0.25) is 4.84 Å². The molecule has 0 saturated heterocycles. The van der Waals surface area contributed by atoms with Crippen molar-refractivity contribution in [2.45, 2.75) is 96.8 Å². The second-order valence-corrected chi connectivity index (χ2v) is 6.06. The Morgan fingerprint density at radius 2 is 1.10 bits per heavy atom. The quantitative estimate of drug-likeness (QED) is 0.277. The highest BCUT2D eigenvalue weighted by Gasteiger charge is 1.94. The van der Waals surface area contributed by atoms with Gasteiger partial charge in [0.1, 0.15) is 0 Å². The molecular weight excluding hydrogens is 262 g/mol. The summed E-state index contributed by atoms with van der Waals surface area (Å²) in [6.45, 7) is 3.66. The highest BCUT2D eigenvalue weighted by atomic mass is 16.6. The monoisotopic (exact) mass is 301 g/mol. The zero-order chi connectivity index (χ0) is 15.4. The summed E-state index contributed by atoms with van der Waals surface area (Å²) >= 11 is 0. The third-order valence-electron chi connectivity index (χ3n) is 3.93. The Balaban J connectivity index is 2.90. The van der Waals surface area contributed by atoms with E-state index in [-0.39, 0.29) is 6.61 Å². The molecule has 128 valence electrons. The summed E-state index contributed by atoms with van der Waals surface area (Å²) in [5, 5.41) is 8.53. The van der Waals surface area contributed by atoms with Gasteiger partial charge in [0.2, 0.25) is 0 Å². The van der Waals surface area contributed by atoms with Crippen molar-refractivity contribution >= 4 is 0 Å². The first-order valence-corrected chi connectivity index (χ1v) is 9.37. The molecule has 0 atom stereocenters. The first kappa shape index (κ1) is 20.9. The van der Waals surface area contributed by atoms with Gasteiger partial charge < -0.3 is 5.11 Å². The van der Waals surface area contributed by atoms with Gasteiger partial charge in [-0.05, 0) is 6.42 Å². The summed E-state index contributed by atoms with van der Waals surface area (Å²) < 4.78 is 0. The fourth-order valence-corrected chi connectivity index (χ4v) is 2.58. The van der Waals surface area contributed by atoms with E-state index in [0.29, 0.717) is 6.61 Å². The fourth-order valence-electron chi connectivity index (χ4n) is 2.58. The van der Waals surface area contributed by atoms with Crippen molar-refractivity contribution in [2.75, 3.05) is 19.8 Å². The summed E-state index contributed by atoms with van der Waals surface area (Å²) in [5.41, 5.74) is 2.87. The minimum Gasteiger partial charge on any atom is -0.394 e. The first-order chi connectivity index (χ1) is 10.4. The van der Waals surface area contributed by atoms with E-state index in [2.05, 4.69) is 12.4 Å². The van der Waals surface area contributed by atoms with Crippen molar-refractivity contribution in [3.05, 3.63) is 0 Å². The van der Waals surface area contributed by atoms with Crippen LogP contribution in [0.2, 0.25) is 0 Å². The van der Waals surface area contributed by atoms with Crippen LogP contribution >= 0.6 is 0 Å². The van der Waals surface area contributed by atoms with Crippen LogP contribution in [0.1, 0.15) is 96.8 Å². The first-order valence-electron chi connectivity index (χ1n) is 9.37. The van der Waals surface area contributed by atoms with E-state index >= 15 is 0 Å². The SMILES string of the molecule is CCCCCCCCCCCCCCCCNOCCO. The largest absolute Gasteiger partial charge is 0.394 e. The average Bonchev–Trinajstić information content (AvgIpc) is 2.50. The summed E-state index contributed by atoms with van der Waals surface area (Å²) in [6, 6.07) is 0. The predicted octanol–water partition coefficient (Wildman–Crippen LogP) is 4.98. The van der Waals surface area contributed by atoms with Gasteiger partial charge in [-0.15, -0.1) is 0 Å². The molecule has 0 amide bonds. The highest BCUT2D eigenvalue weighted by molar-refractivity contribution is 4.49. The molecule has 0 saturated carbocycles. The average molecular weight is 302 g/mol. The number of hydroxylamine groups is 1. The van der Waals surface area contributed by atoms with E-state index in [9.17, 15) is 0 Å². The third kappa shape index (κ3) is 19.9. The van der Waals surface area contributed by atoms with Gasteiger partial charge in [0.05, 0.1) is 13.2 Å². The number of hydrogen-bond donors (Lipinski definition) is 2. The fraction of sp³-hybridized carbons (Fsp3) is 1.00. The summed E-state index contributed by atoms with van der Waals surface area (Å²) in [6.07, 6.45) is 19.5. The number of hydrogen-bond acceptors (Lipinski definition) is 3. The molecule has 3 nitrogen and oxygen atoms in total. The number of aliphatic hydroxyl groups excluding tert-OH is 1. The molecule has 3 heteroatoms. The van der Waals surface area contributed by atoms with Crippen molar-refractivity contribution < 1.29 is 9.94 Å². The van der Waals surface area contributed by atoms with Crippen LogP contribution in [0.5, 0.6) is 0 Å². The lowest BCUT2D eigenvalue weighted by atomic mass is 10.0. The lowest BCUT2D eigenvalue weighted by molar-refractivity contribution is 0.0170. The lowest BCUT2D eigenvalue weighted by Gasteiger charge is -2.04. The van der Waals surface area contributed by atoms with Gasteiger partial charge in [-0.25, -0.2) is 5.48 Å². The van der Waals surface area contributed by atoms with Gasteiger partial charge in [0.25, 0.3) is 0 Å². The van der Waals surface area contributed by atoms with Gasteiger partial charge >= 0.3 is 0 Å². The molecule has 0 aromatic rings. The molecule has 21 heavy (non-hydrogen) atoms. The van der Waals surface area contributed by atoms with Gasteiger partial charge in [-0.1, -0.05) is 90.4 Å². The summed E-state index contributed by atoms with van der Waals surface area (Å²) in [5.74, 6) is 0. The van der Waals surface area contributed by atoms with E-state index in [1.807, 2.05) is 0 Å². The maximum atomic E-state index is 8.53. The van der Waals surface area contributed by atoms with Crippen LogP contribution in [0.3, 0.4) is 0 Å². The lowest BCUT2D eigenvalue weighted by Crippen LogP contribution is -2.18. The maximum absolute atomic E-state index is 8.53. The van der Waals surface area contributed by atoms with E-state index in [0.717, 1.165) is 6.54 Å². The van der Waals surface area contributed by atoms with Crippen molar-refractivity contribution in [1.82, 2.24) is 5.48 Å². The molecule has 0 aliphatic rings. The topological polar surface area (TPSA) is 41.5 Å². The molecule has 0 fully saturated rings. The Morgan fingerprint density at radius 3 is 1.52 bits per heavy atom. The zero-order valence-corrected chi connectivity index (χ0v) is 14.4. The van der Waals surface area contributed by atoms with E-state index in [4.69, 9.17) is 9.94 Å². The Labute approximate surface area is 132 Å². The van der Waals surface area contributed by atoms with E-state index in [1.54, 1.807) is 0 Å². The van der Waals surface area contributed by atoms with Crippen LogP contribution in [-0.2, 0) is 4.84 Å². The van der Waals surface area contributed by atoms with Crippen molar-refractivity contribution in [2.24, 2.45) is 0 Å². The maximum Gasteiger partial charge on any atom is 0.0913 e. The number of nitrogens with one attached hydrogen (secondary N) is 1. The van der Waals surface area contributed by atoms with Crippen LogP contribution < -0.4 is 5.48 Å². The normalized spacial score (nSPS) is 11.1. The Morgan fingerprint density at radius 1 is 0.667 bits per heavy atom. The van der Waals surface area contributed by atoms with Crippen molar-refractivity contribution in [3.63, 3.8) is 0 Å². The summed E-state index contributed by atoms with van der Waals surface area (Å²) in [4.78, 5) is 5.00. The standard InChI is InChI=1S/C18H39NO2/c1-2-3-4-5-6-7-8-9-10-11-12-13-14-15-16-19-21-18-17-20/h19-20H,2-18H2,1H3. The van der Waals surface area contributed by atoms with Crippen LogP contribution in [0.25, 0.3) is 0 Å². The molecule has 0 heterocycles. The van der Waals surface area contributed by atoms with Crippen LogP contribution in [0, 0.1) is 0 Å². The Kier molecular flexibility index (Phi) is 19.8. The number of unbranched alkanes of at least 4 members (excludes halogenated alkanes) is 13. The van der Waals surface area contributed by atoms with Crippen molar-refractivity contribution in [3.8, 4) is 0 Å². The van der Waals surface area contributed by atoms with E-state index in [1.165, 1.54) is 89.9 Å². The minimum absolute atomic E-state index is 0.0890. The molecule has 0 bridgehead atoms. The van der Waals surface area contributed by atoms with Gasteiger partial charge in [-0.2, -0.15) is 0 Å². The van der Waals surface area contributed by atoms with Crippen LogP contribution in [-0.4, -0.2) is 24.9 Å². The van der Waals surface area contributed by atoms with Crippen molar-refractivity contribution in [1.29, 1.82) is 0 Å². The smallest absolute Gasteiger partial charge is 0.0913 e. The van der Waals surface area contributed by atoms with Gasteiger partial charge in [0, 0.05) is 6.54 Å². The molecule has 0 aromatic carbocycles. The van der Waals surface area contributed by atoms with Crippen LogP contribution in [0.15, 0.2) is 0 Å². The van der Waals surface area contributed by atoms with E-state index < -0.39 is 0 Å². The van der Waals surface area contributed by atoms with Crippen LogP contribution in [0.4, 0.5) is 0 Å². The molecule has 0 unspecified atom stereocenters. The Hall–Kier alpha value is -0.120. The number of aliphatic hydroxyl groups is 1. The molecule has 0 aromatic heterocycles. The molecular formula is C18H39NO2. The summed E-state index contributed by atoms with van der Waals surface area (Å²) in [7, 11) is 0. The molecule has 2 N–H and O–H groups in total. The zero-order valence-electron chi connectivity index (χ0n) is 14.4. The second kappa shape index (κ2) is 19.9. The third-order valence-corrected chi connectivity index (χ3v) is 3.93. The second-order valence-electron chi connectivity index (χ2n) is 6.06. The minimum atomic E-state index is 0.0890. The molecule has 0 rings (SSSR count).